The van der Waals surface area contributed by atoms with Crippen molar-refractivity contribution in [1.29, 1.82) is 0 Å². The van der Waals surface area contributed by atoms with Gasteiger partial charge in [0.15, 0.2) is 21.3 Å². The molecule has 1 unspecified atom stereocenters. The summed E-state index contributed by atoms with van der Waals surface area (Å²) in [4.78, 5) is 26.0. The number of anilines is 2. The van der Waals surface area contributed by atoms with Gasteiger partial charge >= 0.3 is 0 Å². The molecule has 4 heterocycles. The van der Waals surface area contributed by atoms with Gasteiger partial charge in [0.05, 0.1) is 28.5 Å². The predicted molar refractivity (Wildman–Crippen MR) is 152 cm³/mol. The summed E-state index contributed by atoms with van der Waals surface area (Å²) in [6, 6.07) is 6.34. The van der Waals surface area contributed by atoms with Crippen LogP contribution < -0.4 is 5.32 Å². The number of nitrogens with one attached hydrogen (secondary N) is 1. The first-order valence-electron chi connectivity index (χ1n) is 14.1. The van der Waals surface area contributed by atoms with Gasteiger partial charge in [0, 0.05) is 30.8 Å². The van der Waals surface area contributed by atoms with Crippen molar-refractivity contribution in [2.75, 3.05) is 24.7 Å². The van der Waals surface area contributed by atoms with E-state index in [9.17, 15) is 22.0 Å². The summed E-state index contributed by atoms with van der Waals surface area (Å²) >= 11 is 0. The number of Topliss-reactive ketones (excluding diaryl/α,β-unsaturated/α-hetero) is 1. The fourth-order valence-electron chi connectivity index (χ4n) is 5.36. The summed E-state index contributed by atoms with van der Waals surface area (Å²) < 4.78 is 67.6. The SMILES string of the molecule is CC1(C)CN=C(c2ccc(Nc3cc(CC(=O)C4CC4)nc4c3nc(C(F)F)n4C3CCCCO3)c(S(C)(=O)=O)c2)O1. The number of ketones is 1. The van der Waals surface area contributed by atoms with Gasteiger partial charge in [-0.2, -0.15) is 0 Å². The number of alkyl halides is 2. The molecular weight excluding hydrogens is 568 g/mol. The Bertz CT molecular complexity index is 1690. The van der Waals surface area contributed by atoms with Crippen LogP contribution in [-0.4, -0.2) is 59.6 Å². The van der Waals surface area contributed by atoms with E-state index in [4.69, 9.17) is 9.47 Å². The number of benzene rings is 1. The fraction of sp³-hybridized carbons (Fsp3) is 0.517. The molecule has 224 valence electrons. The Morgan fingerprint density at radius 2 is 1.93 bits per heavy atom. The van der Waals surface area contributed by atoms with Gasteiger partial charge < -0.3 is 14.8 Å². The second kappa shape index (κ2) is 10.7. The van der Waals surface area contributed by atoms with Crippen molar-refractivity contribution in [2.45, 2.75) is 75.5 Å². The first kappa shape index (κ1) is 28.7. The Hall–Kier alpha value is -3.45. The summed E-state index contributed by atoms with van der Waals surface area (Å²) in [6.07, 6.45) is 1.33. The van der Waals surface area contributed by atoms with E-state index in [0.717, 1.165) is 31.9 Å². The van der Waals surface area contributed by atoms with Crippen LogP contribution in [0.1, 0.15) is 75.7 Å². The van der Waals surface area contributed by atoms with Gasteiger partial charge in [0.1, 0.15) is 23.1 Å². The molecule has 13 heteroatoms. The third kappa shape index (κ3) is 5.76. The van der Waals surface area contributed by atoms with Crippen molar-refractivity contribution in [3.8, 4) is 0 Å². The number of halogens is 2. The molecule has 1 aliphatic carbocycles. The van der Waals surface area contributed by atoms with Crippen LogP contribution in [0.5, 0.6) is 0 Å². The molecule has 3 aromatic rings. The first-order valence-corrected chi connectivity index (χ1v) is 16.0. The van der Waals surface area contributed by atoms with Gasteiger partial charge in [-0.1, -0.05) is 0 Å². The Morgan fingerprint density at radius 3 is 2.55 bits per heavy atom. The molecule has 2 fully saturated rings. The zero-order chi connectivity index (χ0) is 29.8. The van der Waals surface area contributed by atoms with Crippen molar-refractivity contribution in [2.24, 2.45) is 10.9 Å². The lowest BCUT2D eigenvalue weighted by Crippen LogP contribution is -2.24. The second-order valence-electron chi connectivity index (χ2n) is 11.8. The molecule has 0 radical (unpaired) electrons. The number of imidazole rings is 1. The van der Waals surface area contributed by atoms with Gasteiger partial charge in [-0.15, -0.1) is 0 Å². The van der Waals surface area contributed by atoms with Crippen LogP contribution in [0.4, 0.5) is 20.2 Å². The molecule has 0 bridgehead atoms. The van der Waals surface area contributed by atoms with Crippen molar-refractivity contribution in [3.05, 3.63) is 41.3 Å². The number of pyridine rings is 1. The zero-order valence-corrected chi connectivity index (χ0v) is 24.5. The summed E-state index contributed by atoms with van der Waals surface area (Å²) in [5.74, 6) is -0.132. The molecular formula is C29H33F2N5O5S. The van der Waals surface area contributed by atoms with Crippen LogP contribution in [0.15, 0.2) is 34.2 Å². The Labute approximate surface area is 242 Å². The standard InChI is InChI=1S/C29H33F2N5O5S/c1-29(2)15-32-28(41-29)17-9-10-19(22(12-17)42(3,38)39)34-20-13-18(14-21(37)16-7-8-16)33-26-24(20)35-27(25(30)31)36(26)23-6-4-5-11-40-23/h9-10,12-13,16,23,25H,4-8,11,14-15H2,1-3H3,(H,33,34). The largest absolute Gasteiger partial charge is 0.469 e. The second-order valence-corrected chi connectivity index (χ2v) is 13.8. The highest BCUT2D eigenvalue weighted by molar-refractivity contribution is 7.90. The van der Waals surface area contributed by atoms with Gasteiger partial charge in [0.2, 0.25) is 5.90 Å². The molecule has 10 nitrogen and oxygen atoms in total. The molecule has 42 heavy (non-hydrogen) atoms. The summed E-state index contributed by atoms with van der Waals surface area (Å²) in [5, 5.41) is 3.12. The molecule has 1 N–H and O–H groups in total. The minimum absolute atomic E-state index is 0.0165. The lowest BCUT2D eigenvalue weighted by Gasteiger charge is -2.25. The lowest BCUT2D eigenvalue weighted by molar-refractivity contribution is -0.119. The molecule has 0 amide bonds. The highest BCUT2D eigenvalue weighted by Gasteiger charge is 2.33. The molecule has 0 spiro atoms. The molecule has 2 aromatic heterocycles. The average Bonchev–Trinajstić information content (AvgIpc) is 3.62. The molecule has 6 rings (SSSR count). The smallest absolute Gasteiger partial charge is 0.295 e. The number of fused-ring (bicyclic) bond motifs is 1. The summed E-state index contributed by atoms with van der Waals surface area (Å²) in [5.41, 5.74) is 1.16. The number of ether oxygens (including phenoxy) is 2. The molecule has 1 saturated carbocycles. The number of aliphatic imine (C=N–C) groups is 1. The maximum absolute atomic E-state index is 14.3. The van der Waals surface area contributed by atoms with E-state index in [1.807, 2.05) is 13.8 Å². The number of nitrogens with zero attached hydrogens (tertiary/aromatic N) is 4. The summed E-state index contributed by atoms with van der Waals surface area (Å²) in [6.45, 7) is 4.65. The van der Waals surface area contributed by atoms with E-state index in [2.05, 4.69) is 20.3 Å². The number of carbonyl (C=O) groups excluding carboxylic acids is 1. The van der Waals surface area contributed by atoms with Gasteiger partial charge in [-0.25, -0.2) is 32.2 Å². The number of aromatic nitrogens is 3. The number of rotatable bonds is 9. The van der Waals surface area contributed by atoms with Crippen LogP contribution in [-0.2, 0) is 30.5 Å². The van der Waals surface area contributed by atoms with Crippen LogP contribution in [0, 0.1) is 5.92 Å². The lowest BCUT2D eigenvalue weighted by atomic mass is 10.1. The Morgan fingerprint density at radius 1 is 1.14 bits per heavy atom. The van der Waals surface area contributed by atoms with Crippen LogP contribution in [0.3, 0.4) is 0 Å². The van der Waals surface area contributed by atoms with E-state index >= 15 is 0 Å². The normalized spacial score (nSPS) is 20.5. The minimum atomic E-state index is -3.76. The maximum Gasteiger partial charge on any atom is 0.295 e. The third-order valence-corrected chi connectivity index (χ3v) is 8.77. The van der Waals surface area contributed by atoms with Crippen molar-refractivity contribution in [1.82, 2.24) is 14.5 Å². The van der Waals surface area contributed by atoms with Gasteiger partial charge in [-0.3, -0.25) is 9.36 Å². The minimum Gasteiger partial charge on any atom is -0.469 e. The van der Waals surface area contributed by atoms with Crippen molar-refractivity contribution >= 4 is 44.1 Å². The van der Waals surface area contributed by atoms with Crippen molar-refractivity contribution in [3.63, 3.8) is 0 Å². The summed E-state index contributed by atoms with van der Waals surface area (Å²) in [7, 11) is -3.76. The van der Waals surface area contributed by atoms with E-state index in [1.54, 1.807) is 18.2 Å². The average molecular weight is 602 g/mol. The molecule has 1 saturated heterocycles. The van der Waals surface area contributed by atoms with Gasteiger partial charge in [0.25, 0.3) is 6.43 Å². The number of sulfone groups is 1. The van der Waals surface area contributed by atoms with E-state index < -0.39 is 33.9 Å². The molecule has 1 atom stereocenters. The van der Waals surface area contributed by atoms with E-state index in [1.165, 1.54) is 10.6 Å². The van der Waals surface area contributed by atoms with Crippen LogP contribution in [0.25, 0.3) is 11.2 Å². The number of hydrogen-bond donors (Lipinski definition) is 1. The highest BCUT2D eigenvalue weighted by Crippen LogP contribution is 2.38. The first-order chi connectivity index (χ1) is 19.9. The number of carbonyl (C=O) groups is 1. The topological polar surface area (TPSA) is 125 Å². The van der Waals surface area contributed by atoms with E-state index in [0.29, 0.717) is 36.7 Å². The maximum atomic E-state index is 14.3. The quantitative estimate of drug-likeness (QED) is 0.351. The molecule has 2 aliphatic heterocycles. The molecule has 3 aliphatic rings. The predicted octanol–water partition coefficient (Wildman–Crippen LogP) is 5.29. The van der Waals surface area contributed by atoms with Crippen LogP contribution in [0.2, 0.25) is 0 Å². The van der Waals surface area contributed by atoms with Gasteiger partial charge in [-0.05, 0) is 70.2 Å². The fourth-order valence-corrected chi connectivity index (χ4v) is 6.22. The van der Waals surface area contributed by atoms with E-state index in [-0.39, 0.29) is 45.6 Å². The Kier molecular flexibility index (Phi) is 7.28. The highest BCUT2D eigenvalue weighted by atomic mass is 32.2. The zero-order valence-electron chi connectivity index (χ0n) is 23.7. The Balaban J connectivity index is 1.47. The molecule has 1 aromatic carbocycles. The van der Waals surface area contributed by atoms with Crippen LogP contribution >= 0.6 is 0 Å². The monoisotopic (exact) mass is 601 g/mol. The third-order valence-electron chi connectivity index (χ3n) is 7.63. The van der Waals surface area contributed by atoms with Crippen molar-refractivity contribution < 1.29 is 31.5 Å². The number of hydrogen-bond acceptors (Lipinski definition) is 9.